The molecule has 0 spiro atoms. The first kappa shape index (κ1) is 19.8. The molecule has 1 aliphatic carbocycles. The number of carbonyl (C=O) groups is 2. The van der Waals surface area contributed by atoms with Crippen molar-refractivity contribution >= 4 is 11.9 Å². The number of hydrogen-bond donors (Lipinski definition) is 2. The first-order valence-electron chi connectivity index (χ1n) is 9.09. The Balaban J connectivity index is 1.95. The number of aliphatic hydroxyl groups is 2. The van der Waals surface area contributed by atoms with Crippen LogP contribution in [0.1, 0.15) is 33.6 Å². The van der Waals surface area contributed by atoms with Crippen LogP contribution in [0, 0.1) is 5.92 Å². The Morgan fingerprint density at radius 1 is 1.52 bits per heavy atom. The molecule has 2 saturated heterocycles. The van der Waals surface area contributed by atoms with Crippen LogP contribution in [-0.2, 0) is 23.8 Å². The van der Waals surface area contributed by atoms with E-state index in [0.29, 0.717) is 18.4 Å². The second-order valence-electron chi connectivity index (χ2n) is 7.72. The van der Waals surface area contributed by atoms with Crippen LogP contribution in [0.3, 0.4) is 0 Å². The van der Waals surface area contributed by atoms with E-state index in [-0.39, 0.29) is 23.9 Å². The van der Waals surface area contributed by atoms with Gasteiger partial charge in [0.15, 0.2) is 0 Å². The zero-order chi connectivity index (χ0) is 19.9. The highest BCUT2D eigenvalue weighted by atomic mass is 16.6. The second-order valence-corrected chi connectivity index (χ2v) is 7.72. The van der Waals surface area contributed by atoms with E-state index in [1.165, 1.54) is 6.08 Å². The summed E-state index contributed by atoms with van der Waals surface area (Å²) < 4.78 is 16.9. The zero-order valence-corrected chi connectivity index (χ0v) is 15.8. The second kappa shape index (κ2) is 7.22. The number of aliphatic hydroxyl groups excluding tert-OH is 2. The van der Waals surface area contributed by atoms with Crippen LogP contribution in [0.15, 0.2) is 35.5 Å². The van der Waals surface area contributed by atoms with Gasteiger partial charge >= 0.3 is 11.9 Å². The molecule has 7 nitrogen and oxygen atoms in total. The number of ether oxygens (including phenoxy) is 3. The van der Waals surface area contributed by atoms with Crippen molar-refractivity contribution in [1.82, 2.24) is 0 Å². The van der Waals surface area contributed by atoms with Gasteiger partial charge in [-0.3, -0.25) is 0 Å². The van der Waals surface area contributed by atoms with E-state index in [1.54, 1.807) is 19.9 Å². The number of epoxide rings is 1. The molecule has 148 valence electrons. The third-order valence-electron chi connectivity index (χ3n) is 5.67. The number of esters is 2. The van der Waals surface area contributed by atoms with Crippen LogP contribution in [0.5, 0.6) is 0 Å². The summed E-state index contributed by atoms with van der Waals surface area (Å²) in [6.45, 7) is 8.79. The Bertz CT molecular complexity index is 722. The predicted octanol–water partition coefficient (Wildman–Crippen LogP) is 1.19. The van der Waals surface area contributed by atoms with Gasteiger partial charge in [-0.15, -0.1) is 0 Å². The van der Waals surface area contributed by atoms with Gasteiger partial charge in [-0.1, -0.05) is 6.58 Å². The molecule has 27 heavy (non-hydrogen) atoms. The van der Waals surface area contributed by atoms with E-state index in [1.807, 2.05) is 6.92 Å². The Kier molecular flexibility index (Phi) is 5.29. The van der Waals surface area contributed by atoms with Gasteiger partial charge in [0.2, 0.25) is 0 Å². The van der Waals surface area contributed by atoms with E-state index < -0.39 is 41.8 Å². The summed E-state index contributed by atoms with van der Waals surface area (Å²) >= 11 is 0. The summed E-state index contributed by atoms with van der Waals surface area (Å²) in [6.07, 6.45) is 1.64. The van der Waals surface area contributed by atoms with Crippen LogP contribution >= 0.6 is 0 Å². The molecule has 0 aromatic heterocycles. The fraction of sp³-hybridized carbons (Fsp3) is 0.600. The first-order chi connectivity index (χ1) is 12.7. The highest BCUT2D eigenvalue weighted by Gasteiger charge is 2.57. The molecule has 0 bridgehead atoms. The minimum Gasteiger partial charge on any atom is -0.458 e. The van der Waals surface area contributed by atoms with Crippen molar-refractivity contribution in [3.05, 3.63) is 35.5 Å². The molecule has 0 aromatic carbocycles. The molecular formula is C20H26O7. The van der Waals surface area contributed by atoms with Crippen LogP contribution in [-0.4, -0.2) is 58.8 Å². The van der Waals surface area contributed by atoms with Crippen molar-refractivity contribution < 1.29 is 34.0 Å². The fourth-order valence-corrected chi connectivity index (χ4v) is 3.80. The van der Waals surface area contributed by atoms with Crippen LogP contribution < -0.4 is 0 Å². The summed E-state index contributed by atoms with van der Waals surface area (Å²) in [5, 5.41) is 19.4. The topological polar surface area (TPSA) is 106 Å². The third-order valence-corrected chi connectivity index (χ3v) is 5.67. The fourth-order valence-electron chi connectivity index (χ4n) is 3.80. The number of carbonyl (C=O) groups excluding carboxylic acids is 2. The Morgan fingerprint density at radius 3 is 2.89 bits per heavy atom. The summed E-state index contributed by atoms with van der Waals surface area (Å²) in [6, 6.07) is 0. The van der Waals surface area contributed by atoms with E-state index >= 15 is 0 Å². The summed E-state index contributed by atoms with van der Waals surface area (Å²) in [7, 11) is 0. The van der Waals surface area contributed by atoms with E-state index in [0.717, 1.165) is 0 Å². The third kappa shape index (κ3) is 3.85. The van der Waals surface area contributed by atoms with Gasteiger partial charge in [0.25, 0.3) is 0 Å². The molecule has 0 amide bonds. The highest BCUT2D eigenvalue weighted by Crippen LogP contribution is 2.47. The van der Waals surface area contributed by atoms with Gasteiger partial charge in [-0.25, -0.2) is 9.59 Å². The average molecular weight is 378 g/mol. The minimum absolute atomic E-state index is 0.158. The van der Waals surface area contributed by atoms with E-state index in [4.69, 9.17) is 19.3 Å². The normalized spacial score (nSPS) is 39.1. The van der Waals surface area contributed by atoms with Crippen molar-refractivity contribution in [3.8, 4) is 0 Å². The maximum absolute atomic E-state index is 12.4. The summed E-state index contributed by atoms with van der Waals surface area (Å²) in [5.74, 6) is -1.67. The van der Waals surface area contributed by atoms with E-state index in [9.17, 15) is 14.7 Å². The molecule has 0 aromatic rings. The lowest BCUT2D eigenvalue weighted by atomic mass is 9.82. The van der Waals surface area contributed by atoms with Crippen molar-refractivity contribution in [1.29, 1.82) is 0 Å². The molecule has 3 rings (SSSR count). The molecule has 0 saturated carbocycles. The van der Waals surface area contributed by atoms with Crippen LogP contribution in [0.4, 0.5) is 0 Å². The van der Waals surface area contributed by atoms with Crippen LogP contribution in [0.2, 0.25) is 0 Å². The van der Waals surface area contributed by atoms with Gasteiger partial charge in [0, 0.05) is 24.0 Å². The lowest BCUT2D eigenvalue weighted by Crippen LogP contribution is -2.38. The molecule has 3 aliphatic rings. The maximum Gasteiger partial charge on any atom is 0.334 e. The Hall–Kier alpha value is -1.96. The van der Waals surface area contributed by atoms with Gasteiger partial charge in [-0.2, -0.15) is 0 Å². The van der Waals surface area contributed by atoms with Crippen molar-refractivity contribution in [2.75, 3.05) is 6.61 Å². The Labute approximate surface area is 158 Å². The minimum atomic E-state index is -0.695. The smallest absolute Gasteiger partial charge is 0.334 e. The van der Waals surface area contributed by atoms with Crippen molar-refractivity contribution in [3.63, 3.8) is 0 Å². The number of fused-ring (bicyclic) bond motifs is 2. The lowest BCUT2D eigenvalue weighted by Gasteiger charge is -2.29. The monoisotopic (exact) mass is 378 g/mol. The van der Waals surface area contributed by atoms with Crippen molar-refractivity contribution in [2.45, 2.75) is 63.6 Å². The first-order valence-corrected chi connectivity index (χ1v) is 9.09. The lowest BCUT2D eigenvalue weighted by molar-refractivity contribution is -0.148. The molecule has 0 radical (unpaired) electrons. The number of hydrogen-bond acceptors (Lipinski definition) is 7. The molecule has 6 atom stereocenters. The number of rotatable bonds is 3. The van der Waals surface area contributed by atoms with Gasteiger partial charge in [0.05, 0.1) is 30.3 Å². The molecule has 2 aliphatic heterocycles. The quantitative estimate of drug-likeness (QED) is 0.329. The largest absolute Gasteiger partial charge is 0.458 e. The molecule has 2 heterocycles. The maximum atomic E-state index is 12.4. The highest BCUT2D eigenvalue weighted by molar-refractivity contribution is 5.92. The molecular weight excluding hydrogens is 352 g/mol. The standard InChI is InChI=1S/C20H26O7/c1-10(5-6-21)18(23)26-15-9-20(4)16(27-20)8-13(22)11(2)7-14-17(15)12(3)19(24)25-14/h5,7,13-17,21-22H,3,6,8-9H2,1-2,4H3. The van der Waals surface area contributed by atoms with Gasteiger partial charge < -0.3 is 24.4 Å². The molecule has 7 heteroatoms. The molecule has 6 unspecified atom stereocenters. The SMILES string of the molecule is C=C1C(=O)OC2C=C(C)C(O)CC3OC3(C)CC(OC(=O)C(C)=CCO)C12. The predicted molar refractivity (Wildman–Crippen MR) is 95.5 cm³/mol. The zero-order valence-electron chi connectivity index (χ0n) is 15.8. The summed E-state index contributed by atoms with van der Waals surface area (Å²) in [5.41, 5.74) is 0.631. The molecule has 2 N–H and O–H groups in total. The van der Waals surface area contributed by atoms with Gasteiger partial charge in [-0.05, 0) is 38.5 Å². The van der Waals surface area contributed by atoms with Crippen LogP contribution in [0.25, 0.3) is 0 Å². The average Bonchev–Trinajstić information content (AvgIpc) is 3.12. The van der Waals surface area contributed by atoms with Crippen molar-refractivity contribution in [2.24, 2.45) is 5.92 Å². The molecule has 2 fully saturated rings. The van der Waals surface area contributed by atoms with Gasteiger partial charge in [0.1, 0.15) is 12.2 Å². The Morgan fingerprint density at radius 2 is 2.22 bits per heavy atom. The van der Waals surface area contributed by atoms with E-state index in [2.05, 4.69) is 6.58 Å². The summed E-state index contributed by atoms with van der Waals surface area (Å²) in [4.78, 5) is 24.6.